The number of carbonyl (C=O) groups excluding carboxylic acids is 1. The van der Waals surface area contributed by atoms with Crippen LogP contribution in [0.4, 0.5) is 0 Å². The first-order valence-corrected chi connectivity index (χ1v) is 5.21. The fourth-order valence-electron chi connectivity index (χ4n) is 1.23. The van der Waals surface area contributed by atoms with Crippen LogP contribution in [0.5, 0.6) is 0 Å². The number of aromatic nitrogens is 1. The maximum Gasteiger partial charge on any atom is 0.228 e. The second-order valence-corrected chi connectivity index (χ2v) is 3.90. The smallest absolute Gasteiger partial charge is 0.228 e. The molecule has 0 spiro atoms. The number of Topliss-reactive ketones (excluding diaryl/α,β-unsaturated/α-hetero) is 1. The highest BCUT2D eigenvalue weighted by atomic mass is 32.1. The molecule has 0 aliphatic rings. The minimum Gasteiger partial charge on any atom is -0.287 e. The van der Waals surface area contributed by atoms with Gasteiger partial charge in [0.25, 0.3) is 0 Å². The fraction of sp³-hybridized carbons (Fsp3) is 0.0909. The first-order valence-electron chi connectivity index (χ1n) is 4.38. The maximum absolute atomic E-state index is 11.7. The van der Waals surface area contributed by atoms with E-state index in [4.69, 9.17) is 0 Å². The lowest BCUT2D eigenvalue weighted by atomic mass is 10.1. The molecule has 3 heteroatoms. The van der Waals surface area contributed by atoms with E-state index in [-0.39, 0.29) is 5.78 Å². The van der Waals surface area contributed by atoms with E-state index in [1.807, 2.05) is 51.9 Å². The molecule has 0 aliphatic carbocycles. The monoisotopic (exact) mass is 204 g/mol. The zero-order valence-electron chi connectivity index (χ0n) is 7.59. The maximum atomic E-state index is 11.7. The van der Waals surface area contributed by atoms with Gasteiger partial charge in [-0.3, -0.25) is 4.79 Å². The van der Waals surface area contributed by atoms with E-state index in [2.05, 4.69) is 0 Å². The largest absolute Gasteiger partial charge is 0.287 e. The molecule has 1 aromatic carbocycles. The molecular weight excluding hydrogens is 194 g/mol. The third kappa shape index (κ3) is 2.06. The molecule has 0 radical (unpaired) electrons. The predicted molar refractivity (Wildman–Crippen MR) is 55.3 cm³/mol. The Labute approximate surface area is 86.6 Å². The Morgan fingerprint density at radius 1 is 1.21 bits per heavy atom. The average molecular weight is 204 g/mol. The summed E-state index contributed by atoms with van der Waals surface area (Å²) in [6, 6.07) is 11.3. The van der Waals surface area contributed by atoms with Gasteiger partial charge < -0.3 is 0 Å². The molecular formula is C11H10NOS+. The Balaban J connectivity index is 2.11. The minimum atomic E-state index is 0.151. The van der Waals surface area contributed by atoms with Crippen LogP contribution in [-0.4, -0.2) is 5.78 Å². The van der Waals surface area contributed by atoms with Crippen LogP contribution in [0.15, 0.2) is 48.0 Å². The normalized spacial score (nSPS) is 10.0. The molecule has 0 amide bonds. The number of hydrogen-bond donors (Lipinski definition) is 0. The Morgan fingerprint density at radius 3 is 2.64 bits per heavy atom. The van der Waals surface area contributed by atoms with E-state index in [9.17, 15) is 4.79 Å². The van der Waals surface area contributed by atoms with Crippen LogP contribution in [0.25, 0.3) is 0 Å². The Kier molecular flexibility index (Phi) is 2.70. The molecule has 0 bridgehead atoms. The van der Waals surface area contributed by atoms with Gasteiger partial charge in [0.2, 0.25) is 12.3 Å². The zero-order chi connectivity index (χ0) is 9.80. The van der Waals surface area contributed by atoms with Gasteiger partial charge in [-0.1, -0.05) is 30.3 Å². The third-order valence-electron chi connectivity index (χ3n) is 1.92. The van der Waals surface area contributed by atoms with Crippen molar-refractivity contribution in [3.63, 3.8) is 0 Å². The molecule has 2 aromatic rings. The van der Waals surface area contributed by atoms with Gasteiger partial charge in [0.15, 0.2) is 6.20 Å². The predicted octanol–water partition coefficient (Wildman–Crippen LogP) is 1.92. The van der Waals surface area contributed by atoms with Crippen molar-refractivity contribution >= 4 is 17.3 Å². The van der Waals surface area contributed by atoms with Crippen LogP contribution in [0, 0.1) is 0 Å². The molecule has 1 aromatic heterocycles. The topological polar surface area (TPSA) is 20.9 Å². The van der Waals surface area contributed by atoms with Gasteiger partial charge in [-0.2, -0.15) is 0 Å². The van der Waals surface area contributed by atoms with Crippen LogP contribution in [0.2, 0.25) is 0 Å². The first-order chi connectivity index (χ1) is 6.86. The van der Waals surface area contributed by atoms with Crippen molar-refractivity contribution < 1.29 is 8.75 Å². The summed E-state index contributed by atoms with van der Waals surface area (Å²) in [7, 11) is 0. The molecule has 0 fully saturated rings. The summed E-state index contributed by atoms with van der Waals surface area (Å²) in [5.41, 5.74) is 0.772. The third-order valence-corrected chi connectivity index (χ3v) is 2.72. The van der Waals surface area contributed by atoms with Crippen molar-refractivity contribution in [3.05, 3.63) is 53.5 Å². The molecule has 1 heterocycles. The second-order valence-electron chi connectivity index (χ2n) is 2.95. The number of rotatable bonds is 3. The lowest BCUT2D eigenvalue weighted by Gasteiger charge is -1.94. The summed E-state index contributed by atoms with van der Waals surface area (Å²) in [5, 5.41) is 1.96. The molecule has 0 saturated heterocycles. The van der Waals surface area contributed by atoms with Crippen molar-refractivity contribution in [2.75, 3.05) is 0 Å². The summed E-state index contributed by atoms with van der Waals surface area (Å²) >= 11 is 1.54. The first kappa shape index (κ1) is 9.09. The molecule has 2 rings (SSSR count). The van der Waals surface area contributed by atoms with Gasteiger partial charge in [0, 0.05) is 11.6 Å². The van der Waals surface area contributed by atoms with Crippen LogP contribution in [0.1, 0.15) is 10.4 Å². The van der Waals surface area contributed by atoms with E-state index in [0.29, 0.717) is 6.54 Å². The number of benzene rings is 1. The standard InChI is InChI=1S/C11H10NOS/c13-11(9-12-7-4-8-14-12)10-5-2-1-3-6-10/h1-8H,9H2/q+1. The zero-order valence-corrected chi connectivity index (χ0v) is 8.41. The molecule has 0 aliphatic heterocycles. The second kappa shape index (κ2) is 4.15. The number of hydrogen-bond acceptors (Lipinski definition) is 2. The van der Waals surface area contributed by atoms with Gasteiger partial charge in [0.05, 0.1) is 5.38 Å². The highest BCUT2D eigenvalue weighted by molar-refractivity contribution is 6.99. The van der Waals surface area contributed by atoms with E-state index in [1.54, 1.807) is 11.5 Å². The Hall–Kier alpha value is -1.48. The van der Waals surface area contributed by atoms with E-state index >= 15 is 0 Å². The quantitative estimate of drug-likeness (QED) is 0.552. The summed E-state index contributed by atoms with van der Waals surface area (Å²) in [4.78, 5) is 11.7. The van der Waals surface area contributed by atoms with Gasteiger partial charge in [-0.25, -0.2) is 0 Å². The van der Waals surface area contributed by atoms with E-state index in [0.717, 1.165) is 5.56 Å². The fourth-order valence-corrected chi connectivity index (χ4v) is 1.86. The van der Waals surface area contributed by atoms with Crippen LogP contribution in [-0.2, 0) is 6.54 Å². The van der Waals surface area contributed by atoms with E-state index in [1.165, 1.54) is 0 Å². The van der Waals surface area contributed by atoms with Gasteiger partial charge in [-0.05, 0) is 0 Å². The molecule has 0 N–H and O–H groups in total. The van der Waals surface area contributed by atoms with Crippen LogP contribution < -0.4 is 3.96 Å². The molecule has 70 valence electrons. The van der Waals surface area contributed by atoms with Crippen molar-refractivity contribution in [2.45, 2.75) is 6.54 Å². The van der Waals surface area contributed by atoms with Crippen molar-refractivity contribution in [3.8, 4) is 0 Å². The number of nitrogens with zero attached hydrogens (tertiary/aromatic N) is 1. The Bertz CT molecular complexity index is 408. The SMILES string of the molecule is O=C(C[n+]1cccs1)c1ccccc1. The lowest BCUT2D eigenvalue weighted by Crippen LogP contribution is -2.32. The van der Waals surface area contributed by atoms with Crippen molar-refractivity contribution in [2.24, 2.45) is 0 Å². The van der Waals surface area contributed by atoms with Crippen molar-refractivity contribution in [1.82, 2.24) is 0 Å². The number of carbonyl (C=O) groups is 1. The number of ketones is 1. The Morgan fingerprint density at radius 2 is 2.00 bits per heavy atom. The summed E-state index contributed by atoms with van der Waals surface area (Å²) < 4.78 is 1.91. The van der Waals surface area contributed by atoms with Gasteiger partial charge in [0.1, 0.15) is 11.5 Å². The molecule has 0 saturated carbocycles. The molecule has 14 heavy (non-hydrogen) atoms. The molecule has 0 unspecified atom stereocenters. The molecule has 0 atom stereocenters. The summed E-state index contributed by atoms with van der Waals surface area (Å²) in [5.74, 6) is 0.151. The minimum absolute atomic E-state index is 0.151. The lowest BCUT2D eigenvalue weighted by molar-refractivity contribution is -0.613. The summed E-state index contributed by atoms with van der Waals surface area (Å²) in [6.45, 7) is 0.432. The average Bonchev–Trinajstić information content (AvgIpc) is 2.72. The van der Waals surface area contributed by atoms with Crippen LogP contribution in [0.3, 0.4) is 0 Å². The summed E-state index contributed by atoms with van der Waals surface area (Å²) in [6.07, 6.45) is 1.91. The van der Waals surface area contributed by atoms with Crippen molar-refractivity contribution in [1.29, 1.82) is 0 Å². The van der Waals surface area contributed by atoms with E-state index < -0.39 is 0 Å². The molecule has 2 nitrogen and oxygen atoms in total. The highest BCUT2D eigenvalue weighted by Gasteiger charge is 2.11. The highest BCUT2D eigenvalue weighted by Crippen LogP contribution is 2.00. The van der Waals surface area contributed by atoms with Gasteiger partial charge in [-0.15, -0.1) is 3.96 Å². The van der Waals surface area contributed by atoms with Gasteiger partial charge >= 0.3 is 0 Å². The van der Waals surface area contributed by atoms with Crippen LogP contribution >= 0.6 is 11.5 Å².